The van der Waals surface area contributed by atoms with Gasteiger partial charge in [-0.1, -0.05) is 36.4 Å². The SMILES string of the molecule is COc1ccc(Cn2c(=O)c3cnn(C4CCC(OC)CC4)c3c3ccc(-c4c(C)cnc(OC)c4C)cc32)c(OC)c1.COc1ncc(C)c(-c2ccc3c(c2)[nH]c(=O)c2cnn(C4CCC(OC)CC4)c23)c1C.COc1ncc(C)c(-c2ccc3c(c2)[nH]c(=O)c2cnn(C4CCC(OC)CC4)c23)c1C. The molecule has 9 aromatic heterocycles. The van der Waals surface area contributed by atoms with Gasteiger partial charge < -0.3 is 52.4 Å². The number of rotatable bonds is 16. The zero-order valence-corrected chi connectivity index (χ0v) is 63.5. The molecule has 23 nitrogen and oxygen atoms in total. The molecule has 0 spiro atoms. The van der Waals surface area contributed by atoms with Crippen molar-refractivity contribution in [2.75, 3.05) is 56.9 Å². The fourth-order valence-electron chi connectivity index (χ4n) is 17.0. The van der Waals surface area contributed by atoms with E-state index in [2.05, 4.69) is 91.6 Å². The smallest absolute Gasteiger partial charge is 0.262 e. The molecule has 23 heteroatoms. The third-order valence-electron chi connectivity index (χ3n) is 22.6. The van der Waals surface area contributed by atoms with Gasteiger partial charge in [0.15, 0.2) is 0 Å². The number of nitrogens with zero attached hydrogens (tertiary/aromatic N) is 10. The number of benzene rings is 4. The molecule has 556 valence electrons. The Kier molecular flexibility index (Phi) is 21.2. The molecule has 3 aliphatic rings. The summed E-state index contributed by atoms with van der Waals surface area (Å²) in [4.78, 5) is 59.5. The Morgan fingerprint density at radius 2 is 0.766 bits per heavy atom. The zero-order chi connectivity index (χ0) is 75.1. The van der Waals surface area contributed by atoms with E-state index in [1.807, 2.05) is 95.0 Å². The molecule has 4 aromatic carbocycles. The highest BCUT2D eigenvalue weighted by Gasteiger charge is 2.30. The van der Waals surface area contributed by atoms with Crippen molar-refractivity contribution in [1.29, 1.82) is 0 Å². The molecule has 9 heterocycles. The molecule has 0 amide bonds. The first-order valence-electron chi connectivity index (χ1n) is 36.8. The molecule has 0 saturated heterocycles. The summed E-state index contributed by atoms with van der Waals surface area (Å²) < 4.78 is 52.2. The van der Waals surface area contributed by atoms with Gasteiger partial charge in [-0.15, -0.1) is 0 Å². The first kappa shape index (κ1) is 73.2. The molecule has 0 radical (unpaired) electrons. The lowest BCUT2D eigenvalue weighted by Gasteiger charge is -2.28. The number of hydrogen-bond donors (Lipinski definition) is 2. The first-order valence-corrected chi connectivity index (χ1v) is 36.8. The summed E-state index contributed by atoms with van der Waals surface area (Å²) in [5, 5.41) is 19.0. The van der Waals surface area contributed by atoms with Gasteiger partial charge in [0.25, 0.3) is 16.7 Å². The number of aryl methyl sites for hydroxylation is 3. The Hall–Kier alpha value is -10.8. The maximum Gasteiger partial charge on any atom is 0.262 e. The molecule has 3 fully saturated rings. The van der Waals surface area contributed by atoms with Crippen molar-refractivity contribution >= 4 is 65.4 Å². The second-order valence-corrected chi connectivity index (χ2v) is 28.6. The molecule has 3 aliphatic carbocycles. The van der Waals surface area contributed by atoms with Gasteiger partial charge in [-0.25, -0.2) is 15.0 Å². The van der Waals surface area contributed by atoms with E-state index in [0.717, 1.165) is 199 Å². The lowest BCUT2D eigenvalue weighted by Crippen LogP contribution is -2.24. The molecule has 0 atom stereocenters. The number of fused-ring (bicyclic) bond motifs is 9. The Morgan fingerprint density at radius 1 is 0.393 bits per heavy atom. The largest absolute Gasteiger partial charge is 0.497 e. The average molecular weight is 1450 g/mol. The standard InChI is InChI=1S/C34H38N4O5.2C25H28N4O3/c1-20-17-35-33(43-6)21(2)31(20)22-8-14-27-29(15-22)37(19-23-7-11-26(41-4)16-30(23)42-5)34(39)28-18-36-38(32(27)28)24-9-12-25(40-3)13-10-24;2*1-14-12-26-25(32-4)15(2)22(14)16-5-10-19-21(11-16)28-24(30)20-13-27-29(23(19)20)17-6-8-18(31-3)9-7-17/h7-8,11,14-18,24-25H,9-10,12-13,19H2,1-6H3;2*5,10-13,17-18H,6-9H2,1-4H3,(H,28,30). The van der Waals surface area contributed by atoms with Crippen LogP contribution in [0.4, 0.5) is 0 Å². The van der Waals surface area contributed by atoms with E-state index < -0.39 is 0 Å². The third-order valence-corrected chi connectivity index (χ3v) is 22.6. The van der Waals surface area contributed by atoms with Gasteiger partial charge in [0, 0.05) is 84.4 Å². The predicted octanol–water partition coefficient (Wildman–Crippen LogP) is 15.6. The van der Waals surface area contributed by atoms with Crippen LogP contribution in [0, 0.1) is 41.5 Å². The number of hydrogen-bond acceptors (Lipinski definition) is 17. The summed E-state index contributed by atoms with van der Waals surface area (Å²) in [6, 6.07) is 25.3. The predicted molar refractivity (Wildman–Crippen MR) is 419 cm³/mol. The van der Waals surface area contributed by atoms with Crippen LogP contribution in [0.5, 0.6) is 29.1 Å². The number of nitrogens with one attached hydrogen (secondary N) is 2. The summed E-state index contributed by atoms with van der Waals surface area (Å²) in [7, 11) is 13.5. The van der Waals surface area contributed by atoms with Gasteiger partial charge in [-0.3, -0.25) is 28.4 Å². The highest BCUT2D eigenvalue weighted by atomic mass is 16.5. The van der Waals surface area contributed by atoms with Gasteiger partial charge in [-0.2, -0.15) is 15.3 Å². The van der Waals surface area contributed by atoms with Crippen LogP contribution >= 0.6 is 0 Å². The van der Waals surface area contributed by atoms with Crippen LogP contribution in [-0.4, -0.2) is 134 Å². The average Bonchev–Trinajstić information content (AvgIpc) is 1.68. The lowest BCUT2D eigenvalue weighted by atomic mass is 9.92. The maximum atomic E-state index is 14.3. The molecule has 0 unspecified atom stereocenters. The van der Waals surface area contributed by atoms with E-state index in [9.17, 15) is 14.4 Å². The molecule has 0 aliphatic heterocycles. The van der Waals surface area contributed by atoms with Gasteiger partial charge >= 0.3 is 0 Å². The van der Waals surface area contributed by atoms with Crippen molar-refractivity contribution in [2.24, 2.45) is 0 Å². The van der Waals surface area contributed by atoms with Crippen LogP contribution in [0.2, 0.25) is 0 Å². The number of aromatic nitrogens is 12. The topological polar surface area (TPSA) is 254 Å². The van der Waals surface area contributed by atoms with E-state index in [1.54, 1.807) is 75.5 Å². The van der Waals surface area contributed by atoms with Gasteiger partial charge in [-0.05, 0) is 199 Å². The summed E-state index contributed by atoms with van der Waals surface area (Å²) >= 11 is 0. The molecule has 0 bridgehead atoms. The van der Waals surface area contributed by atoms with Crippen LogP contribution < -0.4 is 40.4 Å². The van der Waals surface area contributed by atoms with Crippen LogP contribution in [0.3, 0.4) is 0 Å². The van der Waals surface area contributed by atoms with Gasteiger partial charge in [0.1, 0.15) is 11.5 Å². The van der Waals surface area contributed by atoms with E-state index in [-0.39, 0.29) is 40.9 Å². The minimum atomic E-state index is -0.109. The van der Waals surface area contributed by atoms with E-state index >= 15 is 0 Å². The summed E-state index contributed by atoms with van der Waals surface area (Å²) in [5.74, 6) is 3.16. The number of pyridine rings is 6. The fourth-order valence-corrected chi connectivity index (χ4v) is 17.0. The Bertz CT molecular complexity index is 5480. The summed E-state index contributed by atoms with van der Waals surface area (Å²) in [6.07, 6.45) is 23.4. The molecule has 107 heavy (non-hydrogen) atoms. The molecular formula is C84H94N12O11. The molecule has 2 N–H and O–H groups in total. The molecule has 13 aromatic rings. The zero-order valence-electron chi connectivity index (χ0n) is 63.5. The monoisotopic (exact) mass is 1450 g/mol. The number of aromatic amines is 2. The summed E-state index contributed by atoms with van der Waals surface area (Å²) in [5.41, 5.74) is 18.0. The van der Waals surface area contributed by atoms with Gasteiger partial charge in [0.05, 0.1) is 146 Å². The van der Waals surface area contributed by atoms with Crippen molar-refractivity contribution in [2.45, 2.75) is 162 Å². The lowest BCUT2D eigenvalue weighted by molar-refractivity contribution is 0.0574. The second kappa shape index (κ2) is 31.0. The quantitative estimate of drug-likeness (QED) is 0.0911. The van der Waals surface area contributed by atoms with Crippen LogP contribution in [0.25, 0.3) is 98.8 Å². The molecule has 3 saturated carbocycles. The van der Waals surface area contributed by atoms with Gasteiger partial charge in [0.2, 0.25) is 17.6 Å². The number of ether oxygens (including phenoxy) is 8. The Morgan fingerprint density at radius 3 is 1.14 bits per heavy atom. The maximum absolute atomic E-state index is 14.3. The fraction of sp³-hybridized carbons (Fsp3) is 0.393. The van der Waals surface area contributed by atoms with E-state index in [4.69, 9.17) is 43.0 Å². The molecule has 16 rings (SSSR count). The number of H-pyrrole nitrogens is 2. The van der Waals surface area contributed by atoms with E-state index in [0.29, 0.717) is 64.1 Å². The van der Waals surface area contributed by atoms with Crippen molar-refractivity contribution < 1.29 is 37.9 Å². The number of methoxy groups -OCH3 is 8. The summed E-state index contributed by atoms with van der Waals surface area (Å²) in [6.45, 7) is 12.5. The first-order chi connectivity index (χ1) is 51.9. The van der Waals surface area contributed by atoms with Crippen LogP contribution in [0.1, 0.15) is 134 Å². The van der Waals surface area contributed by atoms with Crippen molar-refractivity contribution in [3.63, 3.8) is 0 Å². The Labute approximate surface area is 620 Å². The highest BCUT2D eigenvalue weighted by Crippen LogP contribution is 2.42. The van der Waals surface area contributed by atoms with Crippen LogP contribution in [-0.2, 0) is 20.8 Å². The van der Waals surface area contributed by atoms with Crippen molar-refractivity contribution in [3.05, 3.63) is 180 Å². The van der Waals surface area contributed by atoms with Crippen LogP contribution in [0.15, 0.2) is 124 Å². The third kappa shape index (κ3) is 13.8. The normalized spacial score (nSPS) is 18.2. The molecular weight excluding hydrogens is 1350 g/mol. The minimum Gasteiger partial charge on any atom is -0.497 e. The highest BCUT2D eigenvalue weighted by molar-refractivity contribution is 6.07. The van der Waals surface area contributed by atoms with Crippen molar-refractivity contribution in [1.82, 2.24) is 58.8 Å². The Balaban J connectivity index is 0.000000137. The minimum absolute atomic E-state index is 0.0879. The second-order valence-electron chi connectivity index (χ2n) is 28.6. The van der Waals surface area contributed by atoms with Crippen molar-refractivity contribution in [3.8, 4) is 62.5 Å². The van der Waals surface area contributed by atoms with E-state index in [1.165, 1.54) is 0 Å².